The Balaban J connectivity index is 2.40. The van der Waals surface area contributed by atoms with Gasteiger partial charge in [0.1, 0.15) is 0 Å². The molecule has 1 aromatic heterocycles. The van der Waals surface area contributed by atoms with Crippen LogP contribution in [0.4, 0.5) is 0 Å². The fourth-order valence-electron chi connectivity index (χ4n) is 2.52. The molecule has 19 heavy (non-hydrogen) atoms. The SMILES string of the molecule is CCCC(C)(CCc1cnn(C)c1)CNCCOC. The summed E-state index contributed by atoms with van der Waals surface area (Å²) in [7, 11) is 3.72. The molecule has 0 bridgehead atoms. The number of aromatic nitrogens is 2. The van der Waals surface area contributed by atoms with Gasteiger partial charge in [-0.3, -0.25) is 4.68 Å². The molecule has 1 unspecified atom stereocenters. The molecular formula is C15H29N3O. The maximum absolute atomic E-state index is 5.08. The molecule has 1 atom stereocenters. The van der Waals surface area contributed by atoms with E-state index >= 15 is 0 Å². The number of nitrogens with one attached hydrogen (secondary N) is 1. The van der Waals surface area contributed by atoms with Crippen LogP contribution in [0.15, 0.2) is 12.4 Å². The first kappa shape index (κ1) is 16.2. The maximum Gasteiger partial charge on any atom is 0.0587 e. The topological polar surface area (TPSA) is 39.1 Å². The van der Waals surface area contributed by atoms with Crippen LogP contribution < -0.4 is 5.32 Å². The van der Waals surface area contributed by atoms with Crippen molar-refractivity contribution in [3.8, 4) is 0 Å². The van der Waals surface area contributed by atoms with Crippen molar-refractivity contribution < 1.29 is 4.74 Å². The Morgan fingerprint density at radius 3 is 2.79 bits per heavy atom. The van der Waals surface area contributed by atoms with E-state index in [-0.39, 0.29) is 0 Å². The van der Waals surface area contributed by atoms with Gasteiger partial charge in [-0.2, -0.15) is 5.10 Å². The van der Waals surface area contributed by atoms with E-state index < -0.39 is 0 Å². The first-order valence-corrected chi connectivity index (χ1v) is 7.27. The summed E-state index contributed by atoms with van der Waals surface area (Å²) < 4.78 is 6.95. The second-order valence-electron chi connectivity index (χ2n) is 5.75. The van der Waals surface area contributed by atoms with Crippen molar-refractivity contribution in [3.63, 3.8) is 0 Å². The summed E-state index contributed by atoms with van der Waals surface area (Å²) in [5.74, 6) is 0. The van der Waals surface area contributed by atoms with Crippen LogP contribution in [0, 0.1) is 5.41 Å². The van der Waals surface area contributed by atoms with Gasteiger partial charge in [-0.15, -0.1) is 0 Å². The van der Waals surface area contributed by atoms with E-state index in [0.717, 1.165) is 26.1 Å². The van der Waals surface area contributed by atoms with Gasteiger partial charge in [-0.25, -0.2) is 0 Å². The van der Waals surface area contributed by atoms with Gasteiger partial charge in [0.25, 0.3) is 0 Å². The van der Waals surface area contributed by atoms with Gasteiger partial charge < -0.3 is 10.1 Å². The third-order valence-corrected chi connectivity index (χ3v) is 3.66. The van der Waals surface area contributed by atoms with Crippen LogP contribution in [-0.2, 0) is 18.2 Å². The zero-order valence-corrected chi connectivity index (χ0v) is 12.9. The highest BCUT2D eigenvalue weighted by molar-refractivity contribution is 5.04. The lowest BCUT2D eigenvalue weighted by molar-refractivity contribution is 0.187. The fraction of sp³-hybridized carbons (Fsp3) is 0.800. The molecule has 0 aliphatic carbocycles. The Morgan fingerprint density at radius 2 is 2.21 bits per heavy atom. The number of hydrogen-bond donors (Lipinski definition) is 1. The minimum absolute atomic E-state index is 0.359. The number of ether oxygens (including phenoxy) is 1. The first-order chi connectivity index (χ1) is 9.09. The Bertz CT molecular complexity index is 351. The van der Waals surface area contributed by atoms with Gasteiger partial charge in [0.15, 0.2) is 0 Å². The molecule has 1 rings (SSSR count). The molecular weight excluding hydrogens is 238 g/mol. The van der Waals surface area contributed by atoms with Crippen LogP contribution in [0.5, 0.6) is 0 Å². The summed E-state index contributed by atoms with van der Waals surface area (Å²) in [6.45, 7) is 7.42. The largest absolute Gasteiger partial charge is 0.383 e. The van der Waals surface area contributed by atoms with E-state index in [1.807, 2.05) is 17.9 Å². The van der Waals surface area contributed by atoms with E-state index in [2.05, 4.69) is 30.5 Å². The van der Waals surface area contributed by atoms with Gasteiger partial charge in [0.05, 0.1) is 12.8 Å². The van der Waals surface area contributed by atoms with Gasteiger partial charge >= 0.3 is 0 Å². The minimum Gasteiger partial charge on any atom is -0.383 e. The highest BCUT2D eigenvalue weighted by atomic mass is 16.5. The zero-order chi connectivity index (χ0) is 14.1. The summed E-state index contributed by atoms with van der Waals surface area (Å²) in [6.07, 6.45) is 8.89. The first-order valence-electron chi connectivity index (χ1n) is 7.27. The van der Waals surface area contributed by atoms with Gasteiger partial charge in [0.2, 0.25) is 0 Å². The third-order valence-electron chi connectivity index (χ3n) is 3.66. The van der Waals surface area contributed by atoms with Gasteiger partial charge in [-0.1, -0.05) is 20.3 Å². The fourth-order valence-corrected chi connectivity index (χ4v) is 2.52. The Kier molecular flexibility index (Phi) is 7.10. The quantitative estimate of drug-likeness (QED) is 0.662. The van der Waals surface area contributed by atoms with Crippen molar-refractivity contribution in [2.75, 3.05) is 26.8 Å². The lowest BCUT2D eigenvalue weighted by atomic mass is 9.80. The molecule has 1 N–H and O–H groups in total. The number of hydrogen-bond acceptors (Lipinski definition) is 3. The van der Waals surface area contributed by atoms with E-state index in [0.29, 0.717) is 5.41 Å². The molecule has 0 saturated heterocycles. The molecule has 1 aromatic rings. The standard InChI is InChI=1S/C15H29N3O/c1-5-7-15(2,13-16-9-10-19-4)8-6-14-11-17-18(3)12-14/h11-12,16H,5-10,13H2,1-4H3. The van der Waals surface area contributed by atoms with E-state index in [9.17, 15) is 0 Å². The molecule has 0 aliphatic heterocycles. The summed E-state index contributed by atoms with van der Waals surface area (Å²) in [5.41, 5.74) is 1.69. The predicted octanol–water partition coefficient (Wildman–Crippen LogP) is 2.40. The maximum atomic E-state index is 5.08. The van der Waals surface area contributed by atoms with Crippen LogP contribution in [0.3, 0.4) is 0 Å². The lowest BCUT2D eigenvalue weighted by Crippen LogP contribution is -2.34. The molecule has 110 valence electrons. The van der Waals surface area contributed by atoms with E-state index in [1.54, 1.807) is 7.11 Å². The van der Waals surface area contributed by atoms with Crippen molar-refractivity contribution in [2.45, 2.75) is 39.5 Å². The molecule has 0 spiro atoms. The predicted molar refractivity (Wildman–Crippen MR) is 79.3 cm³/mol. The Hall–Kier alpha value is -0.870. The van der Waals surface area contributed by atoms with Crippen molar-refractivity contribution in [1.29, 1.82) is 0 Å². The van der Waals surface area contributed by atoms with E-state index in [4.69, 9.17) is 4.74 Å². The number of aryl methyl sites for hydroxylation is 2. The van der Waals surface area contributed by atoms with Gasteiger partial charge in [0, 0.05) is 33.4 Å². The smallest absolute Gasteiger partial charge is 0.0587 e. The summed E-state index contributed by atoms with van der Waals surface area (Å²) in [5, 5.41) is 7.74. The number of methoxy groups -OCH3 is 1. The highest BCUT2D eigenvalue weighted by Gasteiger charge is 2.22. The van der Waals surface area contributed by atoms with Crippen LogP contribution in [0.2, 0.25) is 0 Å². The molecule has 0 radical (unpaired) electrons. The molecule has 0 aromatic carbocycles. The third kappa shape index (κ3) is 6.21. The molecule has 0 amide bonds. The second kappa shape index (κ2) is 8.33. The molecule has 4 nitrogen and oxygen atoms in total. The van der Waals surface area contributed by atoms with Gasteiger partial charge in [-0.05, 0) is 30.2 Å². The second-order valence-corrected chi connectivity index (χ2v) is 5.75. The Morgan fingerprint density at radius 1 is 1.42 bits per heavy atom. The Labute approximate surface area is 117 Å². The monoisotopic (exact) mass is 267 g/mol. The molecule has 0 fully saturated rings. The van der Waals surface area contributed by atoms with Crippen LogP contribution in [0.1, 0.15) is 38.7 Å². The summed E-state index contributed by atoms with van der Waals surface area (Å²) in [6, 6.07) is 0. The van der Waals surface area contributed by atoms with Crippen molar-refractivity contribution in [3.05, 3.63) is 18.0 Å². The molecule has 1 heterocycles. The van der Waals surface area contributed by atoms with E-state index in [1.165, 1.54) is 24.8 Å². The highest BCUT2D eigenvalue weighted by Crippen LogP contribution is 2.28. The summed E-state index contributed by atoms with van der Waals surface area (Å²) in [4.78, 5) is 0. The van der Waals surface area contributed by atoms with Crippen LogP contribution in [0.25, 0.3) is 0 Å². The lowest BCUT2D eigenvalue weighted by Gasteiger charge is -2.29. The van der Waals surface area contributed by atoms with Crippen LogP contribution in [-0.4, -0.2) is 36.6 Å². The van der Waals surface area contributed by atoms with Crippen LogP contribution >= 0.6 is 0 Å². The normalized spacial score (nSPS) is 14.5. The summed E-state index contributed by atoms with van der Waals surface area (Å²) >= 11 is 0. The molecule has 0 saturated carbocycles. The van der Waals surface area contributed by atoms with Crippen molar-refractivity contribution >= 4 is 0 Å². The molecule has 4 heteroatoms. The average molecular weight is 267 g/mol. The average Bonchev–Trinajstić information content (AvgIpc) is 2.79. The van der Waals surface area contributed by atoms with Crippen molar-refractivity contribution in [2.24, 2.45) is 12.5 Å². The number of nitrogens with zero attached hydrogens (tertiary/aromatic N) is 2. The van der Waals surface area contributed by atoms with Crippen molar-refractivity contribution in [1.82, 2.24) is 15.1 Å². The number of rotatable bonds is 10. The molecule has 0 aliphatic rings. The zero-order valence-electron chi connectivity index (χ0n) is 12.9. The minimum atomic E-state index is 0.359.